The number of imidazole rings is 1. The summed E-state index contributed by atoms with van der Waals surface area (Å²) in [6.07, 6.45) is 0. The lowest BCUT2D eigenvalue weighted by molar-refractivity contribution is 0.0594. The van der Waals surface area contributed by atoms with Gasteiger partial charge in [0, 0.05) is 13.1 Å². The minimum Gasteiger partial charge on any atom is -0.494 e. The molecule has 0 aromatic carbocycles. The fraction of sp³-hybridized carbons (Fsp3) is 0.364. The first-order valence-corrected chi connectivity index (χ1v) is 5.70. The van der Waals surface area contributed by atoms with Crippen LogP contribution < -0.4 is 4.74 Å². The van der Waals surface area contributed by atoms with Crippen LogP contribution in [0.5, 0.6) is 5.75 Å². The maximum atomic E-state index is 11.5. The van der Waals surface area contributed by atoms with Crippen molar-refractivity contribution in [3.05, 3.63) is 17.6 Å². The van der Waals surface area contributed by atoms with Gasteiger partial charge in [0.2, 0.25) is 0 Å². The molecule has 0 spiro atoms. The van der Waals surface area contributed by atoms with Gasteiger partial charge in [-0.1, -0.05) is 0 Å². The van der Waals surface area contributed by atoms with Gasteiger partial charge < -0.3 is 14.0 Å². The molecule has 0 saturated heterocycles. The molecule has 2 aromatic heterocycles. The van der Waals surface area contributed by atoms with Gasteiger partial charge in [0.25, 0.3) is 0 Å². The lowest BCUT2D eigenvalue weighted by Gasteiger charge is -2.04. The Morgan fingerprint density at radius 1 is 1.44 bits per heavy atom. The summed E-state index contributed by atoms with van der Waals surface area (Å²) in [5.41, 5.74) is 1.28. The highest BCUT2D eigenvalue weighted by atomic mass is 35.5. The molecule has 0 atom stereocenters. The predicted octanol–water partition coefficient (Wildman–Crippen LogP) is 1.50. The number of esters is 1. The molecule has 0 N–H and O–H groups in total. The highest BCUT2D eigenvalue weighted by Gasteiger charge is 2.18. The van der Waals surface area contributed by atoms with Gasteiger partial charge in [0.05, 0.1) is 20.1 Å². The minimum atomic E-state index is -0.524. The zero-order valence-electron chi connectivity index (χ0n) is 10.2. The number of ether oxygens (including phenoxy) is 2. The van der Waals surface area contributed by atoms with Crippen molar-refractivity contribution in [3.63, 3.8) is 0 Å². The van der Waals surface area contributed by atoms with E-state index in [-0.39, 0.29) is 11.6 Å². The van der Waals surface area contributed by atoms with E-state index >= 15 is 0 Å². The fourth-order valence-electron chi connectivity index (χ4n) is 1.65. The van der Waals surface area contributed by atoms with Crippen molar-refractivity contribution in [3.8, 4) is 5.75 Å². The molecule has 2 aromatic rings. The number of rotatable bonds is 3. The van der Waals surface area contributed by atoms with Crippen molar-refractivity contribution in [1.29, 1.82) is 0 Å². The zero-order valence-corrected chi connectivity index (χ0v) is 11.0. The summed E-state index contributed by atoms with van der Waals surface area (Å²) in [5, 5.41) is 0. The number of pyridine rings is 1. The Labute approximate surface area is 108 Å². The molecule has 7 heteroatoms. The van der Waals surface area contributed by atoms with E-state index in [4.69, 9.17) is 16.3 Å². The van der Waals surface area contributed by atoms with Crippen LogP contribution in [0, 0.1) is 0 Å². The van der Waals surface area contributed by atoms with Gasteiger partial charge in [0.15, 0.2) is 17.1 Å². The van der Waals surface area contributed by atoms with Crippen LogP contribution in [0.1, 0.15) is 16.3 Å². The molecule has 0 bridgehead atoms. The summed E-state index contributed by atoms with van der Waals surface area (Å²) < 4.78 is 11.6. The molecule has 0 aliphatic heterocycles. The van der Waals surface area contributed by atoms with E-state index in [0.717, 1.165) is 0 Å². The molecule has 2 rings (SSSR count). The number of carbonyl (C=O) groups is 1. The summed E-state index contributed by atoms with van der Waals surface area (Å²) >= 11 is 5.79. The van der Waals surface area contributed by atoms with E-state index < -0.39 is 5.97 Å². The highest BCUT2D eigenvalue weighted by molar-refractivity contribution is 6.16. The van der Waals surface area contributed by atoms with E-state index in [9.17, 15) is 4.79 Å². The molecular weight excluding hydrogens is 258 g/mol. The zero-order chi connectivity index (χ0) is 13.3. The number of hydrogen-bond acceptors (Lipinski definition) is 5. The van der Waals surface area contributed by atoms with Crippen molar-refractivity contribution < 1.29 is 14.3 Å². The van der Waals surface area contributed by atoms with E-state index in [2.05, 4.69) is 14.7 Å². The van der Waals surface area contributed by atoms with Crippen LogP contribution in [0.3, 0.4) is 0 Å². The van der Waals surface area contributed by atoms with Crippen LogP contribution in [0.15, 0.2) is 6.07 Å². The lowest BCUT2D eigenvalue weighted by Crippen LogP contribution is -2.06. The second-order valence-corrected chi connectivity index (χ2v) is 3.86. The number of fused-ring (bicyclic) bond motifs is 1. The third kappa shape index (κ3) is 1.88. The van der Waals surface area contributed by atoms with Crippen LogP contribution in [-0.2, 0) is 17.7 Å². The summed E-state index contributed by atoms with van der Waals surface area (Å²) in [6, 6.07) is 1.50. The summed E-state index contributed by atoms with van der Waals surface area (Å²) in [7, 11) is 4.58. The van der Waals surface area contributed by atoms with Crippen LogP contribution in [0.4, 0.5) is 0 Å². The number of aryl methyl sites for hydroxylation is 1. The maximum Gasteiger partial charge on any atom is 0.356 e. The van der Waals surface area contributed by atoms with E-state index in [0.29, 0.717) is 22.7 Å². The molecule has 6 nitrogen and oxygen atoms in total. The average Bonchev–Trinajstić information content (AvgIpc) is 2.73. The summed E-state index contributed by atoms with van der Waals surface area (Å²) in [6.45, 7) is 0. The van der Waals surface area contributed by atoms with Crippen molar-refractivity contribution in [1.82, 2.24) is 14.5 Å². The first-order valence-electron chi connectivity index (χ1n) is 5.17. The second kappa shape index (κ2) is 4.81. The number of nitrogens with zero attached hydrogens (tertiary/aromatic N) is 3. The molecule has 96 valence electrons. The molecule has 0 fully saturated rings. The second-order valence-electron chi connectivity index (χ2n) is 3.59. The largest absolute Gasteiger partial charge is 0.494 e. The van der Waals surface area contributed by atoms with Crippen LogP contribution >= 0.6 is 11.6 Å². The Bertz CT molecular complexity index is 609. The number of aromatic nitrogens is 3. The highest BCUT2D eigenvalue weighted by Crippen LogP contribution is 2.25. The fourth-order valence-corrected chi connectivity index (χ4v) is 1.89. The van der Waals surface area contributed by atoms with Crippen LogP contribution in [-0.4, -0.2) is 34.7 Å². The van der Waals surface area contributed by atoms with Crippen LogP contribution in [0.25, 0.3) is 11.2 Å². The van der Waals surface area contributed by atoms with E-state index in [1.807, 2.05) is 0 Å². The number of carbonyl (C=O) groups excluding carboxylic acids is 1. The van der Waals surface area contributed by atoms with Gasteiger partial charge in [0.1, 0.15) is 11.3 Å². The average molecular weight is 270 g/mol. The minimum absolute atomic E-state index is 0.172. The van der Waals surface area contributed by atoms with Crippen molar-refractivity contribution in [2.45, 2.75) is 5.88 Å². The van der Waals surface area contributed by atoms with Crippen molar-refractivity contribution >= 4 is 28.7 Å². The molecule has 0 radical (unpaired) electrons. The van der Waals surface area contributed by atoms with Gasteiger partial charge in [-0.15, -0.1) is 11.6 Å². The van der Waals surface area contributed by atoms with Crippen molar-refractivity contribution in [2.75, 3.05) is 14.2 Å². The van der Waals surface area contributed by atoms with Gasteiger partial charge in [-0.25, -0.2) is 14.8 Å². The lowest BCUT2D eigenvalue weighted by atomic mass is 10.3. The standard InChI is InChI=1S/C11H12ClN3O3/c1-15-8(5-12)14-9-7(17-2)4-6(11(16)18-3)13-10(9)15/h4H,5H2,1-3H3. The first-order chi connectivity index (χ1) is 8.62. The van der Waals surface area contributed by atoms with Gasteiger partial charge >= 0.3 is 5.97 Å². The summed E-state index contributed by atoms with van der Waals surface area (Å²) in [4.78, 5) is 20.0. The van der Waals surface area contributed by atoms with Crippen molar-refractivity contribution in [2.24, 2.45) is 7.05 Å². The van der Waals surface area contributed by atoms with Gasteiger partial charge in [-0.3, -0.25) is 0 Å². The SMILES string of the molecule is COC(=O)c1cc(OC)c2nc(CCl)n(C)c2n1. The molecule has 0 saturated carbocycles. The first kappa shape index (κ1) is 12.6. The predicted molar refractivity (Wildman–Crippen MR) is 66.0 cm³/mol. The Kier molecular flexibility index (Phi) is 3.38. The topological polar surface area (TPSA) is 66.2 Å². The molecule has 18 heavy (non-hydrogen) atoms. The molecular formula is C11H12ClN3O3. The molecule has 0 aliphatic carbocycles. The van der Waals surface area contributed by atoms with Gasteiger partial charge in [-0.05, 0) is 0 Å². The Balaban J connectivity index is 2.74. The molecule has 0 aliphatic rings. The molecule has 0 unspecified atom stereocenters. The quantitative estimate of drug-likeness (QED) is 0.624. The van der Waals surface area contributed by atoms with E-state index in [1.165, 1.54) is 20.3 Å². The molecule has 2 heterocycles. The normalized spacial score (nSPS) is 10.7. The summed E-state index contributed by atoms with van der Waals surface area (Å²) in [5.74, 6) is 0.847. The Hall–Kier alpha value is -1.82. The Morgan fingerprint density at radius 3 is 2.72 bits per heavy atom. The monoisotopic (exact) mass is 269 g/mol. The third-order valence-electron chi connectivity index (χ3n) is 2.62. The number of hydrogen-bond donors (Lipinski definition) is 0. The smallest absolute Gasteiger partial charge is 0.356 e. The molecule has 0 amide bonds. The number of methoxy groups -OCH3 is 2. The Morgan fingerprint density at radius 2 is 2.17 bits per heavy atom. The van der Waals surface area contributed by atoms with E-state index in [1.54, 1.807) is 11.6 Å². The number of alkyl halides is 1. The van der Waals surface area contributed by atoms with Gasteiger partial charge in [-0.2, -0.15) is 0 Å². The maximum absolute atomic E-state index is 11.5. The number of halogens is 1. The van der Waals surface area contributed by atoms with Crippen LogP contribution in [0.2, 0.25) is 0 Å². The third-order valence-corrected chi connectivity index (χ3v) is 2.86.